The molecular weight excluding hydrogens is 300 g/mol. The average molecular weight is 320 g/mol. The molecule has 6 nitrogen and oxygen atoms in total. The van der Waals surface area contributed by atoms with Gasteiger partial charge in [0, 0.05) is 40.6 Å². The van der Waals surface area contributed by atoms with Crippen LogP contribution < -0.4 is 15.2 Å². The van der Waals surface area contributed by atoms with E-state index in [0.717, 1.165) is 0 Å². The third-order valence-corrected chi connectivity index (χ3v) is 5.11. The average Bonchev–Trinajstić information content (AvgIpc) is 2.35. The highest BCUT2D eigenvalue weighted by Gasteiger charge is 2.21. The van der Waals surface area contributed by atoms with E-state index in [-0.39, 0.29) is 16.7 Å². The van der Waals surface area contributed by atoms with Crippen LogP contribution in [0.5, 0.6) is 5.75 Å². The first-order chi connectivity index (χ1) is 9.26. The topological polar surface area (TPSA) is 98.5 Å². The van der Waals surface area contributed by atoms with Crippen molar-refractivity contribution in [2.75, 3.05) is 24.9 Å². The van der Waals surface area contributed by atoms with Gasteiger partial charge in [0.15, 0.2) is 0 Å². The molecule has 0 amide bonds. The Kier molecular flexibility index (Phi) is 5.97. The number of nitrogen functional groups attached to an aromatic ring is 1. The summed E-state index contributed by atoms with van der Waals surface area (Å²) in [6.07, 6.45) is 2.09. The Morgan fingerprint density at radius 1 is 1.45 bits per heavy atom. The maximum absolute atomic E-state index is 12.3. The van der Waals surface area contributed by atoms with Gasteiger partial charge >= 0.3 is 0 Å². The minimum absolute atomic E-state index is 0.0404. The van der Waals surface area contributed by atoms with E-state index in [2.05, 4.69) is 4.72 Å². The van der Waals surface area contributed by atoms with Crippen molar-refractivity contribution < 1.29 is 17.4 Å². The summed E-state index contributed by atoms with van der Waals surface area (Å²) in [5.74, 6) is 0.645. The minimum atomic E-state index is -3.70. The van der Waals surface area contributed by atoms with Crippen molar-refractivity contribution in [1.29, 1.82) is 0 Å². The van der Waals surface area contributed by atoms with E-state index in [0.29, 0.717) is 17.9 Å². The van der Waals surface area contributed by atoms with Crippen molar-refractivity contribution in [3.05, 3.63) is 18.2 Å². The molecule has 2 unspecified atom stereocenters. The Bertz CT molecular complexity index is 587. The van der Waals surface area contributed by atoms with Crippen LogP contribution in [0.2, 0.25) is 0 Å². The van der Waals surface area contributed by atoms with E-state index in [4.69, 9.17) is 10.5 Å². The third-order valence-electron chi connectivity index (χ3n) is 2.67. The predicted octanol–water partition coefficient (Wildman–Crippen LogP) is 0.713. The first-order valence-electron chi connectivity index (χ1n) is 6.02. The monoisotopic (exact) mass is 320 g/mol. The summed E-state index contributed by atoms with van der Waals surface area (Å²) in [4.78, 5) is 0.0404. The van der Waals surface area contributed by atoms with Crippen molar-refractivity contribution in [3.63, 3.8) is 0 Å². The van der Waals surface area contributed by atoms with Gasteiger partial charge in [-0.15, -0.1) is 0 Å². The molecule has 0 spiro atoms. The maximum Gasteiger partial charge on any atom is 0.244 e. The van der Waals surface area contributed by atoms with E-state index in [1.807, 2.05) is 0 Å². The van der Waals surface area contributed by atoms with Gasteiger partial charge in [0.05, 0.1) is 7.11 Å². The molecule has 0 aliphatic carbocycles. The largest absolute Gasteiger partial charge is 0.495 e. The van der Waals surface area contributed by atoms with Gasteiger partial charge in [-0.05, 0) is 25.5 Å². The number of hydrogen-bond donors (Lipinski definition) is 2. The molecule has 1 aromatic carbocycles. The van der Waals surface area contributed by atoms with Crippen molar-refractivity contribution in [3.8, 4) is 5.75 Å². The molecule has 0 aliphatic heterocycles. The second-order valence-electron chi connectivity index (χ2n) is 4.50. The Hall–Kier alpha value is -1.12. The van der Waals surface area contributed by atoms with Crippen LogP contribution in [-0.4, -0.2) is 37.8 Å². The normalized spacial score (nSPS) is 14.8. The molecule has 114 valence electrons. The summed E-state index contributed by atoms with van der Waals surface area (Å²) >= 11 is 0. The minimum Gasteiger partial charge on any atom is -0.495 e. The second-order valence-corrected chi connectivity index (χ2v) is 7.74. The summed E-state index contributed by atoms with van der Waals surface area (Å²) < 4.78 is 43.1. The molecule has 0 fully saturated rings. The zero-order valence-corrected chi connectivity index (χ0v) is 13.4. The first-order valence-corrected chi connectivity index (χ1v) is 9.23. The summed E-state index contributed by atoms with van der Waals surface area (Å²) in [5, 5.41) is 0. The lowest BCUT2D eigenvalue weighted by Crippen LogP contribution is -2.33. The lowest BCUT2D eigenvalue weighted by molar-refractivity contribution is 0.402. The van der Waals surface area contributed by atoms with E-state index in [9.17, 15) is 12.6 Å². The fourth-order valence-corrected chi connectivity index (χ4v) is 3.75. The number of sulfonamides is 1. The molecule has 0 radical (unpaired) electrons. The quantitative estimate of drug-likeness (QED) is 0.721. The zero-order chi connectivity index (χ0) is 15.3. The standard InChI is InChI=1S/C12H20N2O4S2/c1-9(6-7-19(3)15)14-20(16,17)12-5-4-10(13)8-11(12)18-2/h4-5,8-9,14H,6-7,13H2,1-3H3. The molecule has 1 aromatic rings. The highest BCUT2D eigenvalue weighted by atomic mass is 32.2. The molecule has 0 aromatic heterocycles. The molecule has 0 bridgehead atoms. The van der Waals surface area contributed by atoms with Crippen molar-refractivity contribution in [1.82, 2.24) is 4.72 Å². The van der Waals surface area contributed by atoms with Gasteiger partial charge in [0.2, 0.25) is 10.0 Å². The molecular formula is C12H20N2O4S2. The van der Waals surface area contributed by atoms with Crippen LogP contribution in [0.4, 0.5) is 5.69 Å². The van der Waals surface area contributed by atoms with Crippen LogP contribution in [0.25, 0.3) is 0 Å². The number of nitrogens with two attached hydrogens (primary N) is 1. The summed E-state index contributed by atoms with van der Waals surface area (Å²) in [7, 11) is -3.25. The van der Waals surface area contributed by atoms with Crippen LogP contribution in [0, 0.1) is 0 Å². The highest BCUT2D eigenvalue weighted by molar-refractivity contribution is 7.89. The number of rotatable bonds is 7. The summed E-state index contributed by atoms with van der Waals surface area (Å²) in [6.45, 7) is 1.73. The van der Waals surface area contributed by atoms with Gasteiger partial charge in [0.25, 0.3) is 0 Å². The maximum atomic E-state index is 12.3. The molecule has 0 saturated carbocycles. The van der Waals surface area contributed by atoms with Crippen molar-refractivity contribution in [2.24, 2.45) is 0 Å². The van der Waals surface area contributed by atoms with Gasteiger partial charge in [-0.2, -0.15) is 0 Å². The number of benzene rings is 1. The first kappa shape index (κ1) is 16.9. The van der Waals surface area contributed by atoms with Crippen LogP contribution in [0.3, 0.4) is 0 Å². The lowest BCUT2D eigenvalue weighted by Gasteiger charge is -2.15. The Labute approximate surface area is 122 Å². The fourth-order valence-electron chi connectivity index (χ4n) is 1.64. The van der Waals surface area contributed by atoms with E-state index in [1.54, 1.807) is 13.2 Å². The molecule has 3 N–H and O–H groups in total. The second kappa shape index (κ2) is 7.05. The number of methoxy groups -OCH3 is 1. The molecule has 8 heteroatoms. The van der Waals surface area contributed by atoms with Gasteiger partial charge < -0.3 is 10.5 Å². The van der Waals surface area contributed by atoms with E-state index in [1.165, 1.54) is 25.3 Å². The summed E-state index contributed by atoms with van der Waals surface area (Å²) in [6, 6.07) is 4.05. The smallest absolute Gasteiger partial charge is 0.244 e. The highest BCUT2D eigenvalue weighted by Crippen LogP contribution is 2.26. The van der Waals surface area contributed by atoms with Crippen LogP contribution in [-0.2, 0) is 20.8 Å². The molecule has 0 saturated heterocycles. The number of hydrogen-bond acceptors (Lipinski definition) is 5. The number of anilines is 1. The van der Waals surface area contributed by atoms with Gasteiger partial charge in [-0.25, -0.2) is 13.1 Å². The predicted molar refractivity (Wildman–Crippen MR) is 80.7 cm³/mol. The van der Waals surface area contributed by atoms with Crippen molar-refractivity contribution >= 4 is 26.5 Å². The van der Waals surface area contributed by atoms with Crippen LogP contribution in [0.1, 0.15) is 13.3 Å². The van der Waals surface area contributed by atoms with E-state index >= 15 is 0 Å². The third kappa shape index (κ3) is 4.77. The summed E-state index contributed by atoms with van der Waals surface area (Å²) in [5.41, 5.74) is 6.03. The number of nitrogens with one attached hydrogen (secondary N) is 1. The molecule has 0 heterocycles. The molecule has 0 aliphatic rings. The number of ether oxygens (including phenoxy) is 1. The Morgan fingerprint density at radius 3 is 2.65 bits per heavy atom. The Balaban J connectivity index is 2.91. The Morgan fingerprint density at radius 2 is 2.10 bits per heavy atom. The fraction of sp³-hybridized carbons (Fsp3) is 0.500. The SMILES string of the molecule is COc1cc(N)ccc1S(=O)(=O)NC(C)CCS(C)=O. The van der Waals surface area contributed by atoms with Crippen LogP contribution in [0.15, 0.2) is 23.1 Å². The molecule has 2 atom stereocenters. The molecule has 1 rings (SSSR count). The zero-order valence-electron chi connectivity index (χ0n) is 11.8. The van der Waals surface area contributed by atoms with Crippen LogP contribution >= 0.6 is 0 Å². The van der Waals surface area contributed by atoms with Crippen molar-refractivity contribution in [2.45, 2.75) is 24.3 Å². The van der Waals surface area contributed by atoms with Gasteiger partial charge in [-0.3, -0.25) is 4.21 Å². The van der Waals surface area contributed by atoms with E-state index < -0.39 is 20.8 Å². The van der Waals surface area contributed by atoms with Gasteiger partial charge in [-0.1, -0.05) is 0 Å². The van der Waals surface area contributed by atoms with Gasteiger partial charge in [0.1, 0.15) is 10.6 Å². The molecule has 20 heavy (non-hydrogen) atoms. The lowest BCUT2D eigenvalue weighted by atomic mass is 10.3.